The van der Waals surface area contributed by atoms with Gasteiger partial charge < -0.3 is 16.4 Å². The molecule has 0 radical (unpaired) electrons. The Morgan fingerprint density at radius 1 is 1.34 bits per heavy atom. The largest absolute Gasteiger partial charge is 0.370 e. The van der Waals surface area contributed by atoms with Crippen LogP contribution in [0.5, 0.6) is 0 Å². The molecule has 1 aliphatic heterocycles. The summed E-state index contributed by atoms with van der Waals surface area (Å²) in [5.74, 6) is 0.620. The molecule has 4 rings (SSSR count). The molecule has 2 atom stereocenters. The summed E-state index contributed by atoms with van der Waals surface area (Å²) in [4.78, 5) is 16.5. The minimum absolute atomic E-state index is 0.114. The van der Waals surface area contributed by atoms with Crippen LogP contribution in [-0.2, 0) is 4.79 Å². The molecule has 0 saturated carbocycles. The van der Waals surface area contributed by atoms with Crippen LogP contribution in [0.2, 0.25) is 5.02 Å². The maximum atomic E-state index is 12.2. The molecular weight excluding hydrogens is 450 g/mol. The number of nitrogens with two attached hydrogens (primary N) is 1. The Bertz CT molecular complexity index is 1120. The SMILES string of the molecule is Cc1ccc(N/C(N)=N/C2NC(=O)CC(CSc3nnnn3-c3ccccc3)N2)cc1Cl. The van der Waals surface area contributed by atoms with E-state index in [2.05, 4.69) is 36.5 Å². The van der Waals surface area contributed by atoms with Gasteiger partial charge in [-0.3, -0.25) is 10.1 Å². The number of aromatic nitrogens is 4. The number of aliphatic imine (C=N–C) groups is 1. The molecule has 1 saturated heterocycles. The molecule has 2 aromatic carbocycles. The van der Waals surface area contributed by atoms with Gasteiger partial charge in [0.05, 0.1) is 5.69 Å². The molecule has 1 aliphatic rings. The highest BCUT2D eigenvalue weighted by atomic mass is 35.5. The number of thioether (sulfide) groups is 1. The summed E-state index contributed by atoms with van der Waals surface area (Å²) >= 11 is 7.60. The highest BCUT2D eigenvalue weighted by Crippen LogP contribution is 2.21. The molecule has 5 N–H and O–H groups in total. The van der Waals surface area contributed by atoms with E-state index in [9.17, 15) is 4.79 Å². The van der Waals surface area contributed by atoms with E-state index in [0.717, 1.165) is 11.3 Å². The van der Waals surface area contributed by atoms with Gasteiger partial charge >= 0.3 is 0 Å². The molecule has 10 nitrogen and oxygen atoms in total. The highest BCUT2D eigenvalue weighted by molar-refractivity contribution is 7.99. The van der Waals surface area contributed by atoms with Crippen LogP contribution in [0.3, 0.4) is 0 Å². The van der Waals surface area contributed by atoms with E-state index in [-0.39, 0.29) is 17.9 Å². The van der Waals surface area contributed by atoms with E-state index in [0.29, 0.717) is 28.0 Å². The first-order valence-electron chi connectivity index (χ1n) is 9.86. The smallest absolute Gasteiger partial charge is 0.224 e. The number of rotatable bonds is 6. The number of carbonyl (C=O) groups is 1. The van der Waals surface area contributed by atoms with Crippen molar-refractivity contribution >= 4 is 40.9 Å². The number of para-hydroxylation sites is 1. The van der Waals surface area contributed by atoms with Crippen LogP contribution in [0.4, 0.5) is 5.69 Å². The number of nitrogens with zero attached hydrogens (tertiary/aromatic N) is 5. The fourth-order valence-corrected chi connectivity index (χ4v) is 4.20. The molecule has 2 unspecified atom stereocenters. The third-order valence-electron chi connectivity index (χ3n) is 4.69. The lowest BCUT2D eigenvalue weighted by Gasteiger charge is -2.29. The quantitative estimate of drug-likeness (QED) is 0.243. The molecule has 2 heterocycles. The lowest BCUT2D eigenvalue weighted by molar-refractivity contribution is -0.124. The molecule has 3 aromatic rings. The zero-order chi connectivity index (χ0) is 22.5. The Morgan fingerprint density at radius 3 is 2.94 bits per heavy atom. The van der Waals surface area contributed by atoms with Crippen LogP contribution in [0.25, 0.3) is 5.69 Å². The number of tetrazole rings is 1. The van der Waals surface area contributed by atoms with Crippen LogP contribution in [0.15, 0.2) is 58.7 Å². The van der Waals surface area contributed by atoms with Crippen molar-refractivity contribution in [1.29, 1.82) is 0 Å². The van der Waals surface area contributed by atoms with Gasteiger partial charge in [-0.2, -0.15) is 4.68 Å². The van der Waals surface area contributed by atoms with Gasteiger partial charge in [0.25, 0.3) is 0 Å². The summed E-state index contributed by atoms with van der Waals surface area (Å²) in [6.45, 7) is 1.92. The van der Waals surface area contributed by atoms with Crippen LogP contribution in [0, 0.1) is 6.92 Å². The zero-order valence-corrected chi connectivity index (χ0v) is 18.8. The normalized spacial score (nSPS) is 18.9. The van der Waals surface area contributed by atoms with Crippen LogP contribution < -0.4 is 21.7 Å². The Kier molecular flexibility index (Phi) is 6.88. The lowest BCUT2D eigenvalue weighted by atomic mass is 10.2. The Morgan fingerprint density at radius 2 is 2.16 bits per heavy atom. The van der Waals surface area contributed by atoms with Gasteiger partial charge in [-0.15, -0.1) is 5.10 Å². The second-order valence-electron chi connectivity index (χ2n) is 7.16. The average Bonchev–Trinajstić information content (AvgIpc) is 3.24. The summed E-state index contributed by atoms with van der Waals surface area (Å²) in [5.41, 5.74) is 8.57. The maximum absolute atomic E-state index is 12.2. The van der Waals surface area contributed by atoms with Gasteiger partial charge in [0.15, 0.2) is 12.2 Å². The topological polar surface area (TPSA) is 135 Å². The van der Waals surface area contributed by atoms with Crippen molar-refractivity contribution in [3.05, 3.63) is 59.1 Å². The Balaban J connectivity index is 1.37. The number of aryl methyl sites for hydroxylation is 1. The number of benzene rings is 2. The number of hydrogen-bond donors (Lipinski definition) is 4. The molecule has 1 aromatic heterocycles. The van der Waals surface area contributed by atoms with E-state index in [1.165, 1.54) is 11.8 Å². The van der Waals surface area contributed by atoms with Crippen molar-refractivity contribution in [2.24, 2.45) is 10.7 Å². The minimum Gasteiger partial charge on any atom is -0.370 e. The van der Waals surface area contributed by atoms with Gasteiger partial charge in [0.2, 0.25) is 11.1 Å². The Hall–Kier alpha value is -3.15. The van der Waals surface area contributed by atoms with E-state index in [1.807, 2.05) is 49.4 Å². The van der Waals surface area contributed by atoms with Crippen LogP contribution in [-0.4, -0.2) is 50.2 Å². The Labute approximate surface area is 194 Å². The highest BCUT2D eigenvalue weighted by Gasteiger charge is 2.26. The molecule has 0 aliphatic carbocycles. The number of anilines is 1. The van der Waals surface area contributed by atoms with Crippen molar-refractivity contribution in [2.75, 3.05) is 11.1 Å². The first kappa shape index (κ1) is 22.1. The van der Waals surface area contributed by atoms with Crippen molar-refractivity contribution in [3.8, 4) is 5.69 Å². The summed E-state index contributed by atoms with van der Waals surface area (Å²) in [6.07, 6.45) is -0.340. The van der Waals surface area contributed by atoms with Gasteiger partial charge in [-0.1, -0.05) is 47.6 Å². The molecule has 1 amide bonds. The van der Waals surface area contributed by atoms with Gasteiger partial charge in [-0.05, 0) is 47.2 Å². The first-order valence-corrected chi connectivity index (χ1v) is 11.2. The van der Waals surface area contributed by atoms with Crippen molar-refractivity contribution in [3.63, 3.8) is 0 Å². The van der Waals surface area contributed by atoms with E-state index < -0.39 is 6.29 Å². The number of halogens is 1. The van der Waals surface area contributed by atoms with Gasteiger partial charge in [-0.25, -0.2) is 4.99 Å². The zero-order valence-electron chi connectivity index (χ0n) is 17.2. The first-order chi connectivity index (χ1) is 15.5. The second-order valence-corrected chi connectivity index (χ2v) is 8.56. The summed E-state index contributed by atoms with van der Waals surface area (Å²) in [6, 6.07) is 15.0. The fourth-order valence-electron chi connectivity index (χ4n) is 3.10. The summed E-state index contributed by atoms with van der Waals surface area (Å²) < 4.78 is 1.66. The number of hydrogen-bond acceptors (Lipinski definition) is 7. The lowest BCUT2D eigenvalue weighted by Crippen LogP contribution is -2.57. The molecule has 166 valence electrons. The molecule has 32 heavy (non-hydrogen) atoms. The standard InChI is InChI=1S/C20H22ClN9OS/c1-12-7-8-13(9-16(12)21)23-18(22)26-19-24-14(10-17(31)25-19)11-32-20-27-28-29-30(20)15-5-3-2-4-6-15/h2-9,14,19,24H,10-11H2,1H3,(H,25,31)(H3,22,23,26). The van der Waals surface area contributed by atoms with Crippen molar-refractivity contribution in [1.82, 2.24) is 30.8 Å². The predicted octanol–water partition coefficient (Wildman–Crippen LogP) is 1.90. The van der Waals surface area contributed by atoms with Crippen LogP contribution >= 0.6 is 23.4 Å². The van der Waals surface area contributed by atoms with Crippen LogP contribution in [0.1, 0.15) is 12.0 Å². The van der Waals surface area contributed by atoms with Gasteiger partial charge in [0.1, 0.15) is 0 Å². The second kappa shape index (κ2) is 9.98. The third-order valence-corrected chi connectivity index (χ3v) is 6.18. The maximum Gasteiger partial charge on any atom is 0.224 e. The fraction of sp³-hybridized carbons (Fsp3) is 0.250. The average molecular weight is 472 g/mol. The van der Waals surface area contributed by atoms with E-state index in [4.69, 9.17) is 17.3 Å². The molecule has 12 heteroatoms. The third kappa shape index (κ3) is 5.55. The summed E-state index contributed by atoms with van der Waals surface area (Å²) in [7, 11) is 0. The van der Waals surface area contributed by atoms with E-state index >= 15 is 0 Å². The molecule has 1 fully saturated rings. The minimum atomic E-state index is -0.652. The molecule has 0 bridgehead atoms. The van der Waals surface area contributed by atoms with E-state index in [1.54, 1.807) is 10.7 Å². The number of nitrogens with one attached hydrogen (secondary N) is 3. The molecular formula is C20H22ClN9OS. The number of guanidine groups is 1. The number of amides is 1. The number of carbonyl (C=O) groups excluding carboxylic acids is 1. The monoisotopic (exact) mass is 471 g/mol. The molecule has 0 spiro atoms. The summed E-state index contributed by atoms with van der Waals surface area (Å²) in [5, 5.41) is 22.2. The van der Waals surface area contributed by atoms with Crippen molar-refractivity contribution in [2.45, 2.75) is 30.8 Å². The predicted molar refractivity (Wildman–Crippen MR) is 125 cm³/mol. The van der Waals surface area contributed by atoms with Crippen molar-refractivity contribution < 1.29 is 4.79 Å². The van der Waals surface area contributed by atoms with Gasteiger partial charge in [0, 0.05) is 28.9 Å².